The van der Waals surface area contributed by atoms with Crippen molar-refractivity contribution in [2.75, 3.05) is 59.9 Å². The molecule has 0 spiro atoms. The quantitative estimate of drug-likeness (QED) is 0.770. The summed E-state index contributed by atoms with van der Waals surface area (Å²) >= 11 is 0. The van der Waals surface area contributed by atoms with Crippen LogP contribution in [0.5, 0.6) is 0 Å². The Morgan fingerprint density at radius 2 is 1.57 bits per heavy atom. The highest BCUT2D eigenvalue weighted by Crippen LogP contribution is 2.30. The van der Waals surface area contributed by atoms with E-state index in [1.54, 1.807) is 0 Å². The van der Waals surface area contributed by atoms with Gasteiger partial charge in [0.15, 0.2) is 0 Å². The Labute approximate surface area is 127 Å². The van der Waals surface area contributed by atoms with E-state index >= 15 is 0 Å². The fourth-order valence-corrected chi connectivity index (χ4v) is 3.10. The summed E-state index contributed by atoms with van der Waals surface area (Å²) in [6, 6.07) is 0. The molecule has 0 unspecified atom stereocenters. The lowest BCUT2D eigenvalue weighted by atomic mass is 9.79. The maximum Gasteiger partial charge on any atom is 0.236 e. The van der Waals surface area contributed by atoms with Crippen LogP contribution in [0.1, 0.15) is 19.8 Å². The topological polar surface area (TPSA) is 55.9 Å². The van der Waals surface area contributed by atoms with Gasteiger partial charge in [-0.15, -0.1) is 0 Å². The molecule has 0 aromatic heterocycles. The van der Waals surface area contributed by atoms with Crippen molar-refractivity contribution in [3.05, 3.63) is 0 Å². The van der Waals surface area contributed by atoms with Crippen molar-refractivity contribution >= 4 is 11.8 Å². The number of carbonyl (C=O) groups is 2. The van der Waals surface area contributed by atoms with Gasteiger partial charge in [0.05, 0.1) is 6.54 Å². The number of piperazine rings is 1. The van der Waals surface area contributed by atoms with Crippen molar-refractivity contribution in [2.24, 2.45) is 5.41 Å². The lowest BCUT2D eigenvalue weighted by molar-refractivity contribution is -0.147. The first kappa shape index (κ1) is 16.2. The fourth-order valence-electron chi connectivity index (χ4n) is 3.10. The Balaban J connectivity index is 1.86. The normalized spacial score (nSPS) is 22.5. The van der Waals surface area contributed by atoms with Crippen molar-refractivity contribution in [3.63, 3.8) is 0 Å². The standard InChI is InChI=1S/C15H28N4O2/c1-15(4-6-16-7-5-15)14(21)19-10-8-18(9-11-19)13(20)12-17(2)3/h16H,4-12H2,1-3H3. The Morgan fingerprint density at radius 1 is 1.05 bits per heavy atom. The summed E-state index contributed by atoms with van der Waals surface area (Å²) < 4.78 is 0. The number of nitrogens with zero attached hydrogens (tertiary/aromatic N) is 3. The van der Waals surface area contributed by atoms with E-state index in [1.807, 2.05) is 28.8 Å². The molecule has 0 aromatic carbocycles. The minimum atomic E-state index is -0.221. The Morgan fingerprint density at radius 3 is 2.10 bits per heavy atom. The van der Waals surface area contributed by atoms with Gasteiger partial charge in [-0.2, -0.15) is 0 Å². The maximum absolute atomic E-state index is 12.7. The third-order valence-electron chi connectivity index (χ3n) is 4.59. The van der Waals surface area contributed by atoms with Gasteiger partial charge in [0, 0.05) is 31.6 Å². The van der Waals surface area contributed by atoms with Gasteiger partial charge in [0.2, 0.25) is 11.8 Å². The Hall–Kier alpha value is -1.14. The van der Waals surface area contributed by atoms with Gasteiger partial charge < -0.3 is 20.0 Å². The Kier molecular flexibility index (Phi) is 5.22. The first-order chi connectivity index (χ1) is 9.92. The van der Waals surface area contributed by atoms with Crippen LogP contribution in [0.3, 0.4) is 0 Å². The van der Waals surface area contributed by atoms with Crippen LogP contribution in [-0.2, 0) is 9.59 Å². The van der Waals surface area contributed by atoms with Crippen LogP contribution in [0.25, 0.3) is 0 Å². The van der Waals surface area contributed by atoms with Gasteiger partial charge in [0.1, 0.15) is 0 Å². The zero-order valence-corrected chi connectivity index (χ0v) is 13.5. The molecule has 0 bridgehead atoms. The molecular weight excluding hydrogens is 268 g/mol. The molecule has 2 fully saturated rings. The van der Waals surface area contributed by atoms with Crippen molar-refractivity contribution in [3.8, 4) is 0 Å². The molecule has 1 N–H and O–H groups in total. The average Bonchev–Trinajstić information content (AvgIpc) is 2.46. The van der Waals surface area contributed by atoms with Crippen LogP contribution in [0, 0.1) is 5.41 Å². The summed E-state index contributed by atoms with van der Waals surface area (Å²) in [5, 5.41) is 3.31. The van der Waals surface area contributed by atoms with E-state index in [2.05, 4.69) is 12.2 Å². The highest BCUT2D eigenvalue weighted by atomic mass is 16.2. The second kappa shape index (κ2) is 6.75. The van der Waals surface area contributed by atoms with Crippen LogP contribution in [0.15, 0.2) is 0 Å². The Bertz CT molecular complexity index is 383. The molecule has 2 aliphatic rings. The number of rotatable bonds is 3. The SMILES string of the molecule is CN(C)CC(=O)N1CCN(C(=O)C2(C)CCNCC2)CC1. The van der Waals surface area contributed by atoms with Crippen molar-refractivity contribution < 1.29 is 9.59 Å². The number of hydrogen-bond acceptors (Lipinski definition) is 4. The molecule has 0 aromatic rings. The molecule has 0 radical (unpaired) electrons. The lowest BCUT2D eigenvalue weighted by Gasteiger charge is -2.41. The summed E-state index contributed by atoms with van der Waals surface area (Å²) in [4.78, 5) is 30.4. The minimum absolute atomic E-state index is 0.153. The maximum atomic E-state index is 12.7. The largest absolute Gasteiger partial charge is 0.339 e. The average molecular weight is 296 g/mol. The second-order valence-corrected chi connectivity index (χ2v) is 6.72. The summed E-state index contributed by atoms with van der Waals surface area (Å²) in [6.07, 6.45) is 1.82. The molecule has 2 amide bonds. The van der Waals surface area contributed by atoms with Gasteiger partial charge in [-0.05, 0) is 40.0 Å². The van der Waals surface area contributed by atoms with E-state index < -0.39 is 0 Å². The summed E-state index contributed by atoms with van der Waals surface area (Å²) in [5.74, 6) is 0.420. The molecule has 0 atom stereocenters. The molecule has 6 nitrogen and oxygen atoms in total. The van der Waals surface area contributed by atoms with Gasteiger partial charge in [-0.25, -0.2) is 0 Å². The molecule has 0 saturated carbocycles. The predicted molar refractivity (Wildman–Crippen MR) is 81.9 cm³/mol. The highest BCUT2D eigenvalue weighted by molar-refractivity contribution is 5.83. The third kappa shape index (κ3) is 3.95. The second-order valence-electron chi connectivity index (χ2n) is 6.72. The molecule has 2 saturated heterocycles. The molecule has 2 rings (SSSR count). The van der Waals surface area contributed by atoms with Gasteiger partial charge in [-0.1, -0.05) is 6.92 Å². The summed E-state index contributed by atoms with van der Waals surface area (Å²) in [6.45, 7) is 7.02. The molecule has 120 valence electrons. The number of carbonyl (C=O) groups excluding carboxylic acids is 2. The summed E-state index contributed by atoms with van der Waals surface area (Å²) in [5.41, 5.74) is -0.221. The van der Waals surface area contributed by atoms with Gasteiger partial charge in [-0.3, -0.25) is 9.59 Å². The van der Waals surface area contributed by atoms with Gasteiger partial charge >= 0.3 is 0 Å². The first-order valence-electron chi connectivity index (χ1n) is 7.85. The van der Waals surface area contributed by atoms with Crippen molar-refractivity contribution in [2.45, 2.75) is 19.8 Å². The van der Waals surface area contributed by atoms with Crippen molar-refractivity contribution in [1.29, 1.82) is 0 Å². The van der Waals surface area contributed by atoms with Crippen LogP contribution in [-0.4, -0.2) is 86.4 Å². The number of amides is 2. The number of nitrogens with one attached hydrogen (secondary N) is 1. The fraction of sp³-hybridized carbons (Fsp3) is 0.867. The predicted octanol–water partition coefficient (Wildman–Crippen LogP) is -0.391. The van der Waals surface area contributed by atoms with Crippen LogP contribution in [0.2, 0.25) is 0 Å². The number of piperidine rings is 1. The zero-order chi connectivity index (χ0) is 15.5. The minimum Gasteiger partial charge on any atom is -0.339 e. The van der Waals surface area contributed by atoms with Gasteiger partial charge in [0.25, 0.3) is 0 Å². The zero-order valence-electron chi connectivity index (χ0n) is 13.5. The van der Waals surface area contributed by atoms with Crippen LogP contribution in [0.4, 0.5) is 0 Å². The lowest BCUT2D eigenvalue weighted by Crippen LogP contribution is -2.56. The van der Waals surface area contributed by atoms with E-state index in [9.17, 15) is 9.59 Å². The van der Waals surface area contributed by atoms with Crippen molar-refractivity contribution in [1.82, 2.24) is 20.0 Å². The van der Waals surface area contributed by atoms with Crippen LogP contribution < -0.4 is 5.32 Å². The van der Waals surface area contributed by atoms with Crippen LogP contribution >= 0.6 is 0 Å². The van der Waals surface area contributed by atoms with E-state index in [4.69, 9.17) is 0 Å². The molecule has 21 heavy (non-hydrogen) atoms. The smallest absolute Gasteiger partial charge is 0.236 e. The monoisotopic (exact) mass is 296 g/mol. The number of hydrogen-bond donors (Lipinski definition) is 1. The van der Waals surface area contributed by atoms with E-state index in [0.717, 1.165) is 25.9 Å². The molecule has 0 aliphatic carbocycles. The first-order valence-corrected chi connectivity index (χ1v) is 7.85. The van der Waals surface area contributed by atoms with E-state index in [0.29, 0.717) is 32.7 Å². The number of likely N-dealkylation sites (N-methyl/N-ethyl adjacent to an activating group) is 1. The third-order valence-corrected chi connectivity index (χ3v) is 4.59. The molecule has 2 aliphatic heterocycles. The highest BCUT2D eigenvalue weighted by Gasteiger charge is 2.38. The van der Waals surface area contributed by atoms with E-state index in [1.165, 1.54) is 0 Å². The molecular formula is C15H28N4O2. The van der Waals surface area contributed by atoms with E-state index in [-0.39, 0.29) is 17.2 Å². The molecule has 2 heterocycles. The molecule has 6 heteroatoms. The summed E-state index contributed by atoms with van der Waals surface area (Å²) in [7, 11) is 3.80.